The Labute approximate surface area is 125 Å². The second kappa shape index (κ2) is 6.31. The zero-order chi connectivity index (χ0) is 15.4. The number of hydrogen-bond acceptors (Lipinski definition) is 3. The van der Waals surface area contributed by atoms with E-state index in [4.69, 9.17) is 5.73 Å². The number of nitrogens with one attached hydrogen (secondary N) is 2. The molecule has 0 aliphatic heterocycles. The smallest absolute Gasteiger partial charge is 0.253 e. The topological polar surface area (TPSA) is 67.1 Å². The van der Waals surface area contributed by atoms with Crippen LogP contribution in [0, 0.1) is 6.92 Å². The van der Waals surface area contributed by atoms with Crippen LogP contribution in [0.25, 0.3) is 0 Å². The van der Waals surface area contributed by atoms with E-state index in [0.29, 0.717) is 11.3 Å². The number of benzene rings is 2. The van der Waals surface area contributed by atoms with Crippen molar-refractivity contribution in [2.45, 2.75) is 26.8 Å². The van der Waals surface area contributed by atoms with Gasteiger partial charge in [-0.25, -0.2) is 0 Å². The fraction of sp³-hybridized carbons (Fsp3) is 0.235. The number of rotatable bonds is 4. The fourth-order valence-electron chi connectivity index (χ4n) is 1.99. The zero-order valence-corrected chi connectivity index (χ0v) is 12.6. The Morgan fingerprint density at radius 2 is 1.76 bits per heavy atom. The Bertz CT molecular complexity index is 633. The average molecular weight is 283 g/mol. The lowest BCUT2D eigenvalue weighted by Gasteiger charge is -2.14. The van der Waals surface area contributed by atoms with Crippen molar-refractivity contribution in [3.05, 3.63) is 53.6 Å². The third kappa shape index (κ3) is 3.99. The highest BCUT2D eigenvalue weighted by molar-refractivity contribution is 6.01. The molecule has 4 nitrogen and oxygen atoms in total. The monoisotopic (exact) mass is 283 g/mol. The Kier molecular flexibility index (Phi) is 4.48. The molecule has 0 aromatic heterocycles. The first-order valence-electron chi connectivity index (χ1n) is 7.00. The molecule has 21 heavy (non-hydrogen) atoms. The van der Waals surface area contributed by atoms with E-state index in [-0.39, 0.29) is 11.9 Å². The van der Waals surface area contributed by atoms with Gasteiger partial charge in [-0.15, -0.1) is 0 Å². The van der Waals surface area contributed by atoms with Gasteiger partial charge in [0.15, 0.2) is 0 Å². The molecule has 0 heterocycles. The van der Waals surface area contributed by atoms with Crippen LogP contribution < -0.4 is 16.4 Å². The molecule has 2 aromatic carbocycles. The maximum Gasteiger partial charge on any atom is 0.253 e. The molecule has 0 saturated carbocycles. The lowest BCUT2D eigenvalue weighted by Crippen LogP contribution is -2.30. The number of anilines is 3. The summed E-state index contributed by atoms with van der Waals surface area (Å²) in [5.74, 6) is -0.132. The van der Waals surface area contributed by atoms with Gasteiger partial charge in [-0.05, 0) is 51.1 Å². The lowest BCUT2D eigenvalue weighted by molar-refractivity contribution is 0.0944. The molecule has 4 heteroatoms. The van der Waals surface area contributed by atoms with Gasteiger partial charge in [0.05, 0.1) is 11.3 Å². The van der Waals surface area contributed by atoms with E-state index in [1.165, 1.54) is 5.56 Å². The average Bonchev–Trinajstić information content (AvgIpc) is 2.42. The van der Waals surface area contributed by atoms with Crippen LogP contribution in [0.4, 0.5) is 17.1 Å². The van der Waals surface area contributed by atoms with Crippen molar-refractivity contribution in [3.63, 3.8) is 0 Å². The summed E-state index contributed by atoms with van der Waals surface area (Å²) in [5.41, 5.74) is 9.78. The van der Waals surface area contributed by atoms with E-state index in [0.717, 1.165) is 11.4 Å². The van der Waals surface area contributed by atoms with E-state index >= 15 is 0 Å². The molecular formula is C17H21N3O. The molecule has 0 spiro atoms. The number of nitrogens with two attached hydrogens (primary N) is 1. The normalized spacial score (nSPS) is 10.5. The molecule has 2 aromatic rings. The maximum absolute atomic E-state index is 12.3. The van der Waals surface area contributed by atoms with Crippen molar-refractivity contribution < 1.29 is 4.79 Å². The summed E-state index contributed by atoms with van der Waals surface area (Å²) < 4.78 is 0. The second-order valence-corrected chi connectivity index (χ2v) is 5.42. The predicted molar refractivity (Wildman–Crippen MR) is 87.9 cm³/mol. The molecular weight excluding hydrogens is 262 g/mol. The molecule has 2 rings (SSSR count). The van der Waals surface area contributed by atoms with E-state index in [1.807, 2.05) is 51.1 Å². The number of carbonyl (C=O) groups is 1. The van der Waals surface area contributed by atoms with Gasteiger partial charge in [0, 0.05) is 17.4 Å². The first-order valence-corrected chi connectivity index (χ1v) is 7.00. The number of amides is 1. The Hall–Kier alpha value is -2.49. The molecule has 0 bridgehead atoms. The molecule has 110 valence electrons. The number of hydrogen-bond donors (Lipinski definition) is 3. The quantitative estimate of drug-likeness (QED) is 0.753. The van der Waals surface area contributed by atoms with Crippen molar-refractivity contribution in [2.24, 2.45) is 0 Å². The van der Waals surface area contributed by atoms with Crippen LogP contribution in [-0.2, 0) is 0 Å². The summed E-state index contributed by atoms with van der Waals surface area (Å²) in [6.45, 7) is 5.89. The SMILES string of the molecule is Cc1ccc(Nc2ccc(N)cc2C(=O)NC(C)C)cc1. The first kappa shape index (κ1) is 14.9. The van der Waals surface area contributed by atoms with Gasteiger partial charge in [0.25, 0.3) is 5.91 Å². The van der Waals surface area contributed by atoms with Crippen LogP contribution in [0.3, 0.4) is 0 Å². The molecule has 1 amide bonds. The van der Waals surface area contributed by atoms with Gasteiger partial charge < -0.3 is 16.4 Å². The minimum Gasteiger partial charge on any atom is -0.399 e. The molecule has 0 fully saturated rings. The van der Waals surface area contributed by atoms with Crippen molar-refractivity contribution in [1.29, 1.82) is 0 Å². The molecule has 0 atom stereocenters. The van der Waals surface area contributed by atoms with Crippen molar-refractivity contribution >= 4 is 23.0 Å². The Morgan fingerprint density at radius 3 is 2.38 bits per heavy atom. The van der Waals surface area contributed by atoms with Gasteiger partial charge in [-0.3, -0.25) is 4.79 Å². The van der Waals surface area contributed by atoms with Gasteiger partial charge in [0.1, 0.15) is 0 Å². The first-order chi connectivity index (χ1) is 9.95. The minimum absolute atomic E-state index is 0.0751. The zero-order valence-electron chi connectivity index (χ0n) is 12.6. The summed E-state index contributed by atoms with van der Waals surface area (Å²) in [6.07, 6.45) is 0. The summed E-state index contributed by atoms with van der Waals surface area (Å²) in [4.78, 5) is 12.3. The van der Waals surface area contributed by atoms with Crippen LogP contribution in [0.2, 0.25) is 0 Å². The van der Waals surface area contributed by atoms with Gasteiger partial charge in [-0.1, -0.05) is 17.7 Å². The summed E-state index contributed by atoms with van der Waals surface area (Å²) in [7, 11) is 0. The van der Waals surface area contributed by atoms with Crippen LogP contribution in [0.15, 0.2) is 42.5 Å². The Balaban J connectivity index is 2.30. The fourth-order valence-corrected chi connectivity index (χ4v) is 1.99. The highest BCUT2D eigenvalue weighted by Gasteiger charge is 2.13. The highest BCUT2D eigenvalue weighted by atomic mass is 16.1. The van der Waals surface area contributed by atoms with E-state index in [1.54, 1.807) is 12.1 Å². The minimum atomic E-state index is -0.132. The molecule has 0 aliphatic rings. The van der Waals surface area contributed by atoms with E-state index in [2.05, 4.69) is 10.6 Å². The highest BCUT2D eigenvalue weighted by Crippen LogP contribution is 2.23. The van der Waals surface area contributed by atoms with Crippen LogP contribution in [0.5, 0.6) is 0 Å². The molecule has 0 unspecified atom stereocenters. The van der Waals surface area contributed by atoms with Crippen molar-refractivity contribution in [3.8, 4) is 0 Å². The third-order valence-corrected chi connectivity index (χ3v) is 3.04. The van der Waals surface area contributed by atoms with Gasteiger partial charge in [-0.2, -0.15) is 0 Å². The molecule has 4 N–H and O–H groups in total. The third-order valence-electron chi connectivity index (χ3n) is 3.04. The number of carbonyl (C=O) groups excluding carboxylic acids is 1. The largest absolute Gasteiger partial charge is 0.399 e. The predicted octanol–water partition coefficient (Wildman–Crippen LogP) is 3.46. The van der Waals surface area contributed by atoms with Gasteiger partial charge >= 0.3 is 0 Å². The lowest BCUT2D eigenvalue weighted by atomic mass is 10.1. The van der Waals surface area contributed by atoms with Crippen LogP contribution in [-0.4, -0.2) is 11.9 Å². The van der Waals surface area contributed by atoms with E-state index < -0.39 is 0 Å². The van der Waals surface area contributed by atoms with Crippen LogP contribution >= 0.6 is 0 Å². The standard InChI is InChI=1S/C17H21N3O/c1-11(2)19-17(21)15-10-13(18)6-9-16(15)20-14-7-4-12(3)5-8-14/h4-11,20H,18H2,1-3H3,(H,19,21). The number of nitrogen functional groups attached to an aromatic ring is 1. The van der Waals surface area contributed by atoms with Crippen molar-refractivity contribution in [2.75, 3.05) is 11.1 Å². The molecule has 0 radical (unpaired) electrons. The molecule has 0 saturated heterocycles. The maximum atomic E-state index is 12.3. The van der Waals surface area contributed by atoms with E-state index in [9.17, 15) is 4.79 Å². The summed E-state index contributed by atoms with van der Waals surface area (Å²) in [6, 6.07) is 13.4. The second-order valence-electron chi connectivity index (χ2n) is 5.42. The molecule has 0 aliphatic carbocycles. The van der Waals surface area contributed by atoms with Gasteiger partial charge in [0.2, 0.25) is 0 Å². The van der Waals surface area contributed by atoms with Crippen LogP contribution in [0.1, 0.15) is 29.8 Å². The van der Waals surface area contributed by atoms with Crippen molar-refractivity contribution in [1.82, 2.24) is 5.32 Å². The summed E-state index contributed by atoms with van der Waals surface area (Å²) >= 11 is 0. The summed E-state index contributed by atoms with van der Waals surface area (Å²) in [5, 5.41) is 6.15. The number of aryl methyl sites for hydroxylation is 1. The Morgan fingerprint density at radius 1 is 1.10 bits per heavy atom.